The lowest BCUT2D eigenvalue weighted by atomic mass is 9.94. The van der Waals surface area contributed by atoms with Crippen LogP contribution in [-0.4, -0.2) is 22.7 Å². The van der Waals surface area contributed by atoms with Crippen molar-refractivity contribution in [1.29, 1.82) is 0 Å². The van der Waals surface area contributed by atoms with E-state index < -0.39 is 24.5 Å². The van der Waals surface area contributed by atoms with Crippen LogP contribution in [0.25, 0.3) is 35.2 Å². The Morgan fingerprint density at radius 3 is 2.66 bits per heavy atom. The van der Waals surface area contributed by atoms with E-state index in [2.05, 4.69) is 4.98 Å². The van der Waals surface area contributed by atoms with Gasteiger partial charge in [0, 0.05) is 16.0 Å². The Kier molecular flexibility index (Phi) is 6.39. The van der Waals surface area contributed by atoms with Gasteiger partial charge in [-0.3, -0.25) is 0 Å². The van der Waals surface area contributed by atoms with Crippen molar-refractivity contribution >= 4 is 64.4 Å². The molecule has 0 saturated carbocycles. The van der Waals surface area contributed by atoms with E-state index in [1.807, 2.05) is 54.6 Å². The van der Waals surface area contributed by atoms with E-state index in [0.717, 1.165) is 27.8 Å². The third-order valence-electron chi connectivity index (χ3n) is 5.76. The highest BCUT2D eigenvalue weighted by Gasteiger charge is 2.25. The van der Waals surface area contributed by atoms with Crippen molar-refractivity contribution in [3.05, 3.63) is 110 Å². The number of aliphatic carboxylic acids is 1. The van der Waals surface area contributed by atoms with Gasteiger partial charge >= 0.3 is 5.97 Å². The molecule has 1 aromatic heterocycles. The van der Waals surface area contributed by atoms with Crippen LogP contribution in [0.4, 0.5) is 4.39 Å². The van der Waals surface area contributed by atoms with Crippen LogP contribution in [0.2, 0.25) is 10.0 Å². The van der Waals surface area contributed by atoms with Crippen LogP contribution in [0, 0.1) is 5.82 Å². The average molecular weight is 506 g/mol. The molecule has 0 spiro atoms. The molecule has 1 atom stereocenters. The second kappa shape index (κ2) is 9.62. The second-order valence-electron chi connectivity index (χ2n) is 8.08. The molecule has 0 saturated heterocycles. The first-order valence-electron chi connectivity index (χ1n) is 10.8. The number of rotatable bonds is 5. The molecule has 0 aliphatic heterocycles. The smallest absolute Gasteiger partial charge is 0.329 e. The Balaban J connectivity index is 1.52. The van der Waals surface area contributed by atoms with Gasteiger partial charge < -0.3 is 9.84 Å². The summed E-state index contributed by atoms with van der Waals surface area (Å²) in [5.74, 6) is -1.54. The molecule has 4 nitrogen and oxygen atoms in total. The van der Waals surface area contributed by atoms with Gasteiger partial charge in [-0.15, -0.1) is 0 Å². The lowest BCUT2D eigenvalue weighted by Crippen LogP contribution is -2.15. The molecule has 1 aliphatic rings. The molecule has 0 fully saturated rings. The van der Waals surface area contributed by atoms with E-state index in [4.69, 9.17) is 27.9 Å². The zero-order valence-corrected chi connectivity index (χ0v) is 19.7. The number of carboxylic acid groups (broad SMARTS) is 1. The standard InChI is InChI=1S/C28H18Cl2FNO3/c29-22-3-1-2-18-8-7-17-6-4-16(12-21(17)28(27(18)22)35-15-26(33)34)5-10-20-11-9-19-13-24(31)23(30)14-25(19)32-20/h1-14,28H,15H2,(H,33,34). The van der Waals surface area contributed by atoms with Crippen LogP contribution >= 0.6 is 23.2 Å². The number of pyridine rings is 1. The molecule has 174 valence electrons. The molecule has 1 N–H and O–H groups in total. The zero-order chi connectivity index (χ0) is 24.5. The summed E-state index contributed by atoms with van der Waals surface area (Å²) in [6.45, 7) is -0.459. The minimum absolute atomic E-state index is 0.0243. The number of aromatic nitrogens is 1. The zero-order valence-electron chi connectivity index (χ0n) is 18.2. The number of carboxylic acids is 1. The number of carbonyl (C=O) groups is 1. The number of fused-ring (bicyclic) bond motifs is 3. The quantitative estimate of drug-likeness (QED) is 0.304. The van der Waals surface area contributed by atoms with Gasteiger partial charge in [0.25, 0.3) is 0 Å². The van der Waals surface area contributed by atoms with Gasteiger partial charge in [-0.2, -0.15) is 0 Å². The van der Waals surface area contributed by atoms with Crippen molar-refractivity contribution < 1.29 is 19.0 Å². The molecule has 1 heterocycles. The van der Waals surface area contributed by atoms with Crippen molar-refractivity contribution in [3.63, 3.8) is 0 Å². The monoisotopic (exact) mass is 505 g/mol. The van der Waals surface area contributed by atoms with Crippen LogP contribution in [0.3, 0.4) is 0 Å². The lowest BCUT2D eigenvalue weighted by molar-refractivity contribution is -0.143. The minimum Gasteiger partial charge on any atom is -0.480 e. The van der Waals surface area contributed by atoms with Gasteiger partial charge in [-0.25, -0.2) is 14.2 Å². The molecule has 5 rings (SSSR count). The van der Waals surface area contributed by atoms with Crippen molar-refractivity contribution in [2.24, 2.45) is 0 Å². The van der Waals surface area contributed by atoms with Crippen molar-refractivity contribution in [3.8, 4) is 0 Å². The lowest BCUT2D eigenvalue weighted by Gasteiger charge is -2.21. The highest BCUT2D eigenvalue weighted by atomic mass is 35.5. The molecule has 3 aromatic carbocycles. The van der Waals surface area contributed by atoms with E-state index in [0.29, 0.717) is 21.6 Å². The molecule has 0 amide bonds. The first-order valence-corrected chi connectivity index (χ1v) is 11.5. The summed E-state index contributed by atoms with van der Waals surface area (Å²) in [7, 11) is 0. The predicted octanol–water partition coefficient (Wildman–Crippen LogP) is 7.53. The summed E-state index contributed by atoms with van der Waals surface area (Å²) in [6.07, 6.45) is 7.02. The van der Waals surface area contributed by atoms with Gasteiger partial charge in [-0.05, 0) is 58.7 Å². The van der Waals surface area contributed by atoms with Gasteiger partial charge in [0.1, 0.15) is 18.5 Å². The molecule has 7 heteroatoms. The van der Waals surface area contributed by atoms with Gasteiger partial charge in [-0.1, -0.05) is 71.8 Å². The van der Waals surface area contributed by atoms with E-state index in [-0.39, 0.29) is 5.02 Å². The fraction of sp³-hybridized carbons (Fsp3) is 0.0714. The van der Waals surface area contributed by atoms with Gasteiger partial charge in [0.05, 0.1) is 16.2 Å². The van der Waals surface area contributed by atoms with Crippen molar-refractivity contribution in [2.45, 2.75) is 6.10 Å². The first-order chi connectivity index (χ1) is 16.9. The first kappa shape index (κ1) is 23.2. The molecule has 0 bridgehead atoms. The second-order valence-corrected chi connectivity index (χ2v) is 8.89. The Labute approximate surface area is 210 Å². The van der Waals surface area contributed by atoms with E-state index >= 15 is 0 Å². The van der Waals surface area contributed by atoms with Crippen LogP contribution in [0.5, 0.6) is 0 Å². The van der Waals surface area contributed by atoms with E-state index in [9.17, 15) is 14.3 Å². The summed E-state index contributed by atoms with van der Waals surface area (Å²) in [5, 5.41) is 10.4. The summed E-state index contributed by atoms with van der Waals surface area (Å²) in [4.78, 5) is 15.8. The largest absolute Gasteiger partial charge is 0.480 e. The van der Waals surface area contributed by atoms with Crippen molar-refractivity contribution in [2.75, 3.05) is 6.61 Å². The Bertz CT molecular complexity index is 1530. The minimum atomic E-state index is -1.06. The number of benzene rings is 3. The Morgan fingerprint density at radius 1 is 1.00 bits per heavy atom. The number of halogens is 3. The summed E-state index contributed by atoms with van der Waals surface area (Å²) in [5.41, 5.74) is 5.47. The average Bonchev–Trinajstić information content (AvgIpc) is 2.99. The topological polar surface area (TPSA) is 59.4 Å². The maximum atomic E-state index is 13.7. The molecule has 1 unspecified atom stereocenters. The maximum absolute atomic E-state index is 13.7. The molecule has 35 heavy (non-hydrogen) atoms. The normalized spacial score (nSPS) is 14.7. The third-order valence-corrected chi connectivity index (χ3v) is 6.38. The molecule has 1 aliphatic carbocycles. The highest BCUT2D eigenvalue weighted by Crippen LogP contribution is 2.39. The molecular weight excluding hydrogens is 488 g/mol. The summed E-state index contributed by atoms with van der Waals surface area (Å²) >= 11 is 12.4. The number of ether oxygens (including phenoxy) is 1. The third kappa shape index (κ3) is 4.84. The van der Waals surface area contributed by atoms with Crippen LogP contribution in [0.1, 0.15) is 39.6 Å². The molecule has 4 aromatic rings. The van der Waals surface area contributed by atoms with Crippen LogP contribution in [0.15, 0.2) is 60.7 Å². The van der Waals surface area contributed by atoms with Gasteiger partial charge in [0.2, 0.25) is 0 Å². The van der Waals surface area contributed by atoms with E-state index in [1.165, 1.54) is 12.1 Å². The molecular formula is C28H18Cl2FNO3. The van der Waals surface area contributed by atoms with Crippen LogP contribution < -0.4 is 0 Å². The maximum Gasteiger partial charge on any atom is 0.329 e. The Morgan fingerprint density at radius 2 is 1.83 bits per heavy atom. The molecule has 0 radical (unpaired) electrons. The predicted molar refractivity (Wildman–Crippen MR) is 138 cm³/mol. The SMILES string of the molecule is O=C(O)COC1c2cc(C=Cc3ccc4cc(F)c(Cl)cc4n3)ccc2C=Cc2cccc(Cl)c21. The highest BCUT2D eigenvalue weighted by molar-refractivity contribution is 6.32. The summed E-state index contributed by atoms with van der Waals surface area (Å²) in [6, 6.07) is 17.9. The Hall–Kier alpha value is -3.51. The van der Waals surface area contributed by atoms with Gasteiger partial charge in [0.15, 0.2) is 0 Å². The number of hydrogen-bond acceptors (Lipinski definition) is 3. The van der Waals surface area contributed by atoms with Crippen molar-refractivity contribution in [1.82, 2.24) is 4.98 Å². The van der Waals surface area contributed by atoms with Crippen LogP contribution in [-0.2, 0) is 9.53 Å². The fourth-order valence-corrected chi connectivity index (χ4v) is 4.56. The van der Waals surface area contributed by atoms with E-state index in [1.54, 1.807) is 18.2 Å². The number of nitrogens with zero attached hydrogens (tertiary/aromatic N) is 1. The number of hydrogen-bond donors (Lipinski definition) is 1. The summed E-state index contributed by atoms with van der Waals surface area (Å²) < 4.78 is 19.5. The fourth-order valence-electron chi connectivity index (χ4n) is 4.12.